The molecule has 21 heavy (non-hydrogen) atoms. The van der Waals surface area contributed by atoms with Crippen LogP contribution in [-0.2, 0) is 10.0 Å². The SMILES string of the molecule is Cc1ccc(S(=O)(=O)N2CCN(C)[C@@H](CCO)C2)c(C)c1. The molecule has 1 fully saturated rings. The summed E-state index contributed by atoms with van der Waals surface area (Å²) in [6.45, 7) is 5.49. The lowest BCUT2D eigenvalue weighted by atomic mass is 10.1. The molecule has 6 heteroatoms. The summed E-state index contributed by atoms with van der Waals surface area (Å²) in [7, 11) is -1.49. The number of nitrogens with zero attached hydrogens (tertiary/aromatic N) is 2. The molecule has 1 aromatic rings. The number of benzene rings is 1. The van der Waals surface area contributed by atoms with Crippen LogP contribution >= 0.6 is 0 Å². The zero-order valence-corrected chi connectivity index (χ0v) is 13.7. The number of likely N-dealkylation sites (N-methyl/N-ethyl adjacent to an activating group) is 1. The third-order valence-electron chi connectivity index (χ3n) is 4.15. The van der Waals surface area contributed by atoms with Gasteiger partial charge in [0.15, 0.2) is 0 Å². The Morgan fingerprint density at radius 1 is 1.29 bits per heavy atom. The molecule has 0 aromatic heterocycles. The van der Waals surface area contributed by atoms with Crippen LogP contribution in [0, 0.1) is 13.8 Å². The van der Waals surface area contributed by atoms with E-state index >= 15 is 0 Å². The number of rotatable bonds is 4. The van der Waals surface area contributed by atoms with Crippen molar-refractivity contribution in [1.82, 2.24) is 9.21 Å². The lowest BCUT2D eigenvalue weighted by Gasteiger charge is -2.38. The summed E-state index contributed by atoms with van der Waals surface area (Å²) in [5.41, 5.74) is 1.84. The minimum absolute atomic E-state index is 0.0734. The van der Waals surface area contributed by atoms with Crippen molar-refractivity contribution in [2.24, 2.45) is 0 Å². The normalized spacial score (nSPS) is 21.6. The highest BCUT2D eigenvalue weighted by Crippen LogP contribution is 2.23. The number of aryl methyl sites for hydroxylation is 2. The molecule has 2 rings (SSSR count). The van der Waals surface area contributed by atoms with Gasteiger partial charge in [-0.25, -0.2) is 8.42 Å². The monoisotopic (exact) mass is 312 g/mol. The van der Waals surface area contributed by atoms with Crippen LogP contribution in [-0.4, -0.2) is 62.1 Å². The molecule has 0 radical (unpaired) electrons. The van der Waals surface area contributed by atoms with Gasteiger partial charge in [0, 0.05) is 32.3 Å². The van der Waals surface area contributed by atoms with Gasteiger partial charge in [0.25, 0.3) is 0 Å². The zero-order valence-electron chi connectivity index (χ0n) is 12.9. The fraction of sp³-hybridized carbons (Fsp3) is 0.600. The van der Waals surface area contributed by atoms with Crippen LogP contribution < -0.4 is 0 Å². The maximum atomic E-state index is 12.8. The van der Waals surface area contributed by atoms with Crippen LogP contribution in [0.4, 0.5) is 0 Å². The zero-order chi connectivity index (χ0) is 15.6. The summed E-state index contributed by atoms with van der Waals surface area (Å²) in [5.74, 6) is 0. The highest BCUT2D eigenvalue weighted by atomic mass is 32.2. The van der Waals surface area contributed by atoms with E-state index in [0.717, 1.165) is 11.1 Å². The van der Waals surface area contributed by atoms with E-state index in [9.17, 15) is 8.42 Å². The summed E-state index contributed by atoms with van der Waals surface area (Å²) in [6, 6.07) is 5.50. The van der Waals surface area contributed by atoms with E-state index in [1.165, 1.54) is 0 Å². The summed E-state index contributed by atoms with van der Waals surface area (Å²) in [5, 5.41) is 9.12. The topological polar surface area (TPSA) is 60.9 Å². The van der Waals surface area contributed by atoms with Crippen LogP contribution in [0.3, 0.4) is 0 Å². The van der Waals surface area contributed by atoms with Gasteiger partial charge in [-0.05, 0) is 38.9 Å². The van der Waals surface area contributed by atoms with Gasteiger partial charge in [0.2, 0.25) is 10.0 Å². The molecule has 1 atom stereocenters. The van der Waals surface area contributed by atoms with Crippen LogP contribution in [0.25, 0.3) is 0 Å². The van der Waals surface area contributed by atoms with Crippen molar-refractivity contribution in [1.29, 1.82) is 0 Å². The highest BCUT2D eigenvalue weighted by Gasteiger charge is 2.33. The number of sulfonamides is 1. The second-order valence-electron chi connectivity index (χ2n) is 5.78. The molecular weight excluding hydrogens is 288 g/mol. The number of aliphatic hydroxyl groups is 1. The number of piperazine rings is 1. The maximum Gasteiger partial charge on any atom is 0.243 e. The second kappa shape index (κ2) is 6.44. The fourth-order valence-corrected chi connectivity index (χ4v) is 4.50. The first-order valence-electron chi connectivity index (χ1n) is 7.24. The first-order chi connectivity index (χ1) is 9.86. The molecule has 1 aliphatic heterocycles. The average Bonchev–Trinajstić information content (AvgIpc) is 2.40. The third-order valence-corrected chi connectivity index (χ3v) is 6.18. The van der Waals surface area contributed by atoms with Crippen molar-refractivity contribution < 1.29 is 13.5 Å². The fourth-order valence-electron chi connectivity index (χ4n) is 2.82. The Morgan fingerprint density at radius 2 is 2.00 bits per heavy atom. The van der Waals surface area contributed by atoms with Gasteiger partial charge in [0.05, 0.1) is 4.90 Å². The predicted molar refractivity (Wildman–Crippen MR) is 82.8 cm³/mol. The van der Waals surface area contributed by atoms with Crippen molar-refractivity contribution in [3.05, 3.63) is 29.3 Å². The van der Waals surface area contributed by atoms with E-state index in [4.69, 9.17) is 5.11 Å². The molecule has 0 unspecified atom stereocenters. The molecule has 118 valence electrons. The van der Waals surface area contributed by atoms with Gasteiger partial charge in [-0.2, -0.15) is 4.31 Å². The second-order valence-corrected chi connectivity index (χ2v) is 7.69. The van der Waals surface area contributed by atoms with Gasteiger partial charge in [-0.1, -0.05) is 17.7 Å². The molecule has 5 nitrogen and oxygen atoms in total. The van der Waals surface area contributed by atoms with E-state index < -0.39 is 10.0 Å². The maximum absolute atomic E-state index is 12.8. The van der Waals surface area contributed by atoms with Crippen LogP contribution in [0.5, 0.6) is 0 Å². The minimum atomic E-state index is -3.46. The van der Waals surface area contributed by atoms with Crippen molar-refractivity contribution >= 4 is 10.0 Å². The molecule has 0 amide bonds. The predicted octanol–water partition coefficient (Wildman–Crippen LogP) is 0.991. The van der Waals surface area contributed by atoms with Crippen molar-refractivity contribution in [2.45, 2.75) is 31.2 Å². The standard InChI is InChI=1S/C15H24N2O3S/c1-12-4-5-15(13(2)10-12)21(19,20)17-8-7-16(3)14(11-17)6-9-18/h4-5,10,14,18H,6-9,11H2,1-3H3/t14-/m0/s1. The Balaban J connectivity index is 2.27. The van der Waals surface area contributed by atoms with Gasteiger partial charge < -0.3 is 10.0 Å². The van der Waals surface area contributed by atoms with Crippen LogP contribution in [0.1, 0.15) is 17.5 Å². The Morgan fingerprint density at radius 3 is 2.62 bits per heavy atom. The van der Waals surface area contributed by atoms with E-state index in [1.807, 2.05) is 33.0 Å². The van der Waals surface area contributed by atoms with Gasteiger partial charge in [0.1, 0.15) is 0 Å². The average molecular weight is 312 g/mol. The summed E-state index contributed by atoms with van der Waals surface area (Å²) in [4.78, 5) is 2.50. The molecule has 1 saturated heterocycles. The van der Waals surface area contributed by atoms with E-state index in [2.05, 4.69) is 4.90 Å². The third kappa shape index (κ3) is 3.45. The summed E-state index contributed by atoms with van der Waals surface area (Å²) in [6.07, 6.45) is 0.593. The van der Waals surface area contributed by atoms with Crippen molar-refractivity contribution in [2.75, 3.05) is 33.3 Å². The molecule has 1 N–H and O–H groups in total. The van der Waals surface area contributed by atoms with E-state index in [1.54, 1.807) is 10.4 Å². The highest BCUT2D eigenvalue weighted by molar-refractivity contribution is 7.89. The lowest BCUT2D eigenvalue weighted by molar-refractivity contribution is 0.120. The summed E-state index contributed by atoms with van der Waals surface area (Å²) < 4.78 is 27.2. The Labute approximate surface area is 127 Å². The number of aliphatic hydroxyl groups excluding tert-OH is 1. The Kier molecular flexibility index (Phi) is 5.03. The molecule has 1 aliphatic rings. The number of hydrogen-bond donors (Lipinski definition) is 1. The van der Waals surface area contributed by atoms with Gasteiger partial charge in [-0.15, -0.1) is 0 Å². The molecule has 1 aromatic carbocycles. The molecular formula is C15H24N2O3S. The first kappa shape index (κ1) is 16.4. The van der Waals surface area contributed by atoms with E-state index in [-0.39, 0.29) is 12.6 Å². The van der Waals surface area contributed by atoms with Crippen LogP contribution in [0.2, 0.25) is 0 Å². The molecule has 1 heterocycles. The largest absolute Gasteiger partial charge is 0.396 e. The summed E-state index contributed by atoms with van der Waals surface area (Å²) >= 11 is 0. The lowest BCUT2D eigenvalue weighted by Crippen LogP contribution is -2.53. The minimum Gasteiger partial charge on any atom is -0.396 e. The van der Waals surface area contributed by atoms with Crippen LogP contribution in [0.15, 0.2) is 23.1 Å². The Hall–Kier alpha value is -0.950. The van der Waals surface area contributed by atoms with Crippen molar-refractivity contribution in [3.63, 3.8) is 0 Å². The van der Waals surface area contributed by atoms with Crippen molar-refractivity contribution in [3.8, 4) is 0 Å². The van der Waals surface area contributed by atoms with E-state index in [0.29, 0.717) is 31.0 Å². The smallest absolute Gasteiger partial charge is 0.243 e. The molecule has 0 spiro atoms. The first-order valence-corrected chi connectivity index (χ1v) is 8.68. The molecule has 0 bridgehead atoms. The quantitative estimate of drug-likeness (QED) is 0.901. The molecule has 0 saturated carbocycles. The Bertz CT molecular complexity index is 601. The number of hydrogen-bond acceptors (Lipinski definition) is 4. The van der Waals surface area contributed by atoms with Gasteiger partial charge >= 0.3 is 0 Å². The van der Waals surface area contributed by atoms with Gasteiger partial charge in [-0.3, -0.25) is 0 Å². The molecule has 0 aliphatic carbocycles.